The van der Waals surface area contributed by atoms with E-state index in [0.717, 1.165) is 0 Å². The molecule has 3 N–H and O–H groups in total. The molecule has 4 heteroatoms. The maximum atomic E-state index is 12.3. The molecule has 120 valence electrons. The highest BCUT2D eigenvalue weighted by Gasteiger charge is 2.17. The normalized spacial score (nSPS) is 15.3. The number of rotatable bonds is 3. The number of hydrogen-bond acceptors (Lipinski definition) is 2. The maximum Gasteiger partial charge on any atom is 0.255 e. The number of nitrogen functional groups attached to an aromatic ring is 1. The molecular formula is C19H21ClN2O. The highest BCUT2D eigenvalue weighted by atomic mass is 35.5. The van der Waals surface area contributed by atoms with Crippen LogP contribution in [0.25, 0.3) is 0 Å². The molecule has 0 aromatic heterocycles. The summed E-state index contributed by atoms with van der Waals surface area (Å²) in [7, 11) is 0. The Labute approximate surface area is 141 Å². The van der Waals surface area contributed by atoms with Crippen molar-refractivity contribution in [1.82, 2.24) is 0 Å². The molecule has 0 bridgehead atoms. The second-order valence-corrected chi connectivity index (χ2v) is 6.56. The van der Waals surface area contributed by atoms with Gasteiger partial charge < -0.3 is 11.1 Å². The molecule has 0 unspecified atom stereocenters. The lowest BCUT2D eigenvalue weighted by atomic mass is 9.84. The fourth-order valence-corrected chi connectivity index (χ4v) is 3.43. The Balaban J connectivity index is 1.74. The fourth-order valence-electron chi connectivity index (χ4n) is 3.20. The summed E-state index contributed by atoms with van der Waals surface area (Å²) < 4.78 is 0. The molecule has 0 radical (unpaired) electrons. The molecule has 0 heterocycles. The van der Waals surface area contributed by atoms with Crippen LogP contribution >= 0.6 is 11.6 Å². The smallest absolute Gasteiger partial charge is 0.255 e. The first kappa shape index (κ1) is 15.9. The fraction of sp³-hybridized carbons (Fsp3) is 0.316. The number of amides is 1. The monoisotopic (exact) mass is 328 g/mol. The lowest BCUT2D eigenvalue weighted by molar-refractivity contribution is 0.102. The van der Waals surface area contributed by atoms with Crippen molar-refractivity contribution in [2.75, 3.05) is 11.1 Å². The van der Waals surface area contributed by atoms with Gasteiger partial charge in [-0.05, 0) is 54.7 Å². The second kappa shape index (κ2) is 7.05. The predicted octanol–water partition coefficient (Wildman–Crippen LogP) is 5.22. The third-order valence-electron chi connectivity index (χ3n) is 4.47. The first-order chi connectivity index (χ1) is 11.1. The van der Waals surface area contributed by atoms with Crippen molar-refractivity contribution in [3.05, 3.63) is 58.6 Å². The Bertz CT molecular complexity index is 708. The van der Waals surface area contributed by atoms with E-state index in [4.69, 9.17) is 17.3 Å². The Kier molecular flexibility index (Phi) is 4.87. The van der Waals surface area contributed by atoms with Gasteiger partial charge in [0, 0.05) is 11.3 Å². The molecule has 1 aliphatic rings. The summed E-state index contributed by atoms with van der Waals surface area (Å²) in [4.78, 5) is 12.3. The average molecular weight is 329 g/mol. The van der Waals surface area contributed by atoms with Gasteiger partial charge >= 0.3 is 0 Å². The number of benzene rings is 2. The van der Waals surface area contributed by atoms with Crippen molar-refractivity contribution in [3.8, 4) is 0 Å². The van der Waals surface area contributed by atoms with Crippen LogP contribution in [0.4, 0.5) is 11.4 Å². The lowest BCUT2D eigenvalue weighted by Gasteiger charge is -2.22. The van der Waals surface area contributed by atoms with Gasteiger partial charge in [-0.25, -0.2) is 0 Å². The minimum absolute atomic E-state index is 0.204. The number of anilines is 2. The van der Waals surface area contributed by atoms with E-state index in [-0.39, 0.29) is 5.91 Å². The topological polar surface area (TPSA) is 55.1 Å². The van der Waals surface area contributed by atoms with Crippen molar-refractivity contribution < 1.29 is 4.79 Å². The van der Waals surface area contributed by atoms with Crippen molar-refractivity contribution in [3.63, 3.8) is 0 Å². The molecule has 0 spiro atoms. The molecule has 23 heavy (non-hydrogen) atoms. The molecule has 1 aliphatic carbocycles. The molecule has 3 rings (SSSR count). The molecule has 1 fully saturated rings. The molecule has 0 aliphatic heterocycles. The Morgan fingerprint density at radius 1 is 1.09 bits per heavy atom. The van der Waals surface area contributed by atoms with Crippen LogP contribution in [-0.2, 0) is 0 Å². The van der Waals surface area contributed by atoms with Gasteiger partial charge in [0.1, 0.15) is 0 Å². The van der Waals surface area contributed by atoms with E-state index in [2.05, 4.69) is 11.4 Å². The van der Waals surface area contributed by atoms with Crippen molar-refractivity contribution in [1.29, 1.82) is 0 Å². The van der Waals surface area contributed by atoms with Gasteiger partial charge in [0.2, 0.25) is 0 Å². The Morgan fingerprint density at radius 3 is 2.57 bits per heavy atom. The van der Waals surface area contributed by atoms with Crippen LogP contribution in [-0.4, -0.2) is 5.91 Å². The molecule has 1 amide bonds. The number of nitrogens with one attached hydrogen (secondary N) is 1. The van der Waals surface area contributed by atoms with Gasteiger partial charge in [0.25, 0.3) is 5.91 Å². The van der Waals surface area contributed by atoms with Crippen molar-refractivity contribution in [2.24, 2.45) is 0 Å². The zero-order valence-corrected chi connectivity index (χ0v) is 13.8. The van der Waals surface area contributed by atoms with Gasteiger partial charge in [0.05, 0.1) is 10.7 Å². The summed E-state index contributed by atoms with van der Waals surface area (Å²) in [5, 5.41) is 3.45. The number of halogens is 1. The van der Waals surface area contributed by atoms with E-state index in [0.29, 0.717) is 27.9 Å². The van der Waals surface area contributed by atoms with Crippen LogP contribution in [0, 0.1) is 0 Å². The van der Waals surface area contributed by atoms with Crippen LogP contribution in [0.2, 0.25) is 5.02 Å². The van der Waals surface area contributed by atoms with Crippen molar-refractivity contribution in [2.45, 2.75) is 38.0 Å². The summed E-state index contributed by atoms with van der Waals surface area (Å²) in [5.74, 6) is 0.393. The van der Waals surface area contributed by atoms with Gasteiger partial charge in [-0.3, -0.25) is 4.79 Å². The highest BCUT2D eigenvalue weighted by molar-refractivity contribution is 6.34. The molecular weight excluding hydrogens is 308 g/mol. The largest absolute Gasteiger partial charge is 0.399 e. The second-order valence-electron chi connectivity index (χ2n) is 6.15. The van der Waals surface area contributed by atoms with Gasteiger partial charge in [-0.1, -0.05) is 43.0 Å². The van der Waals surface area contributed by atoms with Gasteiger partial charge in [-0.15, -0.1) is 0 Å². The summed E-state index contributed by atoms with van der Waals surface area (Å²) in [6, 6.07) is 12.9. The first-order valence-electron chi connectivity index (χ1n) is 8.10. The molecule has 1 saturated carbocycles. The average Bonchev–Trinajstić information content (AvgIpc) is 2.57. The minimum Gasteiger partial charge on any atom is -0.399 e. The van der Waals surface area contributed by atoms with E-state index >= 15 is 0 Å². The third kappa shape index (κ3) is 3.85. The van der Waals surface area contributed by atoms with E-state index in [1.165, 1.54) is 37.7 Å². The molecule has 0 saturated heterocycles. The summed E-state index contributed by atoms with van der Waals surface area (Å²) in [5.41, 5.74) is 8.72. The summed E-state index contributed by atoms with van der Waals surface area (Å²) in [6.07, 6.45) is 6.36. The summed E-state index contributed by atoms with van der Waals surface area (Å²) >= 11 is 6.37. The zero-order chi connectivity index (χ0) is 16.2. The molecule has 3 nitrogen and oxygen atoms in total. The quantitative estimate of drug-likeness (QED) is 0.759. The van der Waals surface area contributed by atoms with Crippen LogP contribution in [0.15, 0.2) is 42.5 Å². The summed E-state index contributed by atoms with van der Waals surface area (Å²) in [6.45, 7) is 0. The first-order valence-corrected chi connectivity index (χ1v) is 8.47. The molecule has 2 aromatic rings. The van der Waals surface area contributed by atoms with E-state index in [1.54, 1.807) is 24.3 Å². The SMILES string of the molecule is Nc1cccc(C(=O)Nc2ccc(C3CCCCC3)cc2Cl)c1. The Morgan fingerprint density at radius 2 is 1.87 bits per heavy atom. The number of hydrogen-bond donors (Lipinski definition) is 2. The van der Waals surface area contributed by atoms with E-state index in [9.17, 15) is 4.79 Å². The number of carbonyl (C=O) groups is 1. The van der Waals surface area contributed by atoms with Gasteiger partial charge in [-0.2, -0.15) is 0 Å². The van der Waals surface area contributed by atoms with Crippen molar-refractivity contribution >= 4 is 28.9 Å². The Hall–Kier alpha value is -2.00. The minimum atomic E-state index is -0.204. The number of nitrogens with two attached hydrogens (primary N) is 1. The number of carbonyl (C=O) groups excluding carboxylic acids is 1. The van der Waals surface area contributed by atoms with Crippen LogP contribution < -0.4 is 11.1 Å². The molecule has 2 aromatic carbocycles. The zero-order valence-electron chi connectivity index (χ0n) is 13.0. The highest BCUT2D eigenvalue weighted by Crippen LogP contribution is 2.35. The maximum absolute atomic E-state index is 12.3. The standard InChI is InChI=1S/C19H21ClN2O/c20-17-12-14(13-5-2-1-3-6-13)9-10-18(17)22-19(23)15-7-4-8-16(21)11-15/h4,7-13H,1-3,5-6,21H2,(H,22,23). The van der Waals surface area contributed by atoms with Crippen LogP contribution in [0.5, 0.6) is 0 Å². The molecule has 0 atom stereocenters. The third-order valence-corrected chi connectivity index (χ3v) is 4.78. The van der Waals surface area contributed by atoms with Crippen LogP contribution in [0.3, 0.4) is 0 Å². The van der Waals surface area contributed by atoms with E-state index < -0.39 is 0 Å². The lowest BCUT2D eigenvalue weighted by Crippen LogP contribution is -2.13. The predicted molar refractivity (Wildman–Crippen MR) is 96.1 cm³/mol. The van der Waals surface area contributed by atoms with Gasteiger partial charge in [0.15, 0.2) is 0 Å². The van der Waals surface area contributed by atoms with Crippen LogP contribution in [0.1, 0.15) is 53.9 Å². The van der Waals surface area contributed by atoms with E-state index in [1.807, 2.05) is 12.1 Å².